The summed E-state index contributed by atoms with van der Waals surface area (Å²) < 4.78 is 29.1. The molecule has 1 fully saturated rings. The van der Waals surface area contributed by atoms with Gasteiger partial charge in [-0.3, -0.25) is 4.90 Å². The minimum Gasteiger partial charge on any atom is -0.444 e. The molecule has 1 aliphatic rings. The predicted molar refractivity (Wildman–Crippen MR) is 104 cm³/mol. The third-order valence-corrected chi connectivity index (χ3v) is 4.18. The van der Waals surface area contributed by atoms with Crippen molar-refractivity contribution in [2.45, 2.75) is 77.4 Å². The molecule has 1 saturated heterocycles. The lowest BCUT2D eigenvalue weighted by Crippen LogP contribution is -2.43. The molecule has 0 aromatic heterocycles. The Hall–Kier alpha value is -2.35. The number of likely N-dealkylation sites (tertiary alicyclic amines) is 1. The number of hydrogen-bond acceptors (Lipinski definition) is 6. The molecule has 0 bridgehead atoms. The van der Waals surface area contributed by atoms with Gasteiger partial charge >= 0.3 is 12.2 Å². The van der Waals surface area contributed by atoms with Crippen molar-refractivity contribution in [1.82, 2.24) is 4.90 Å². The van der Waals surface area contributed by atoms with Gasteiger partial charge in [0.2, 0.25) is 0 Å². The summed E-state index contributed by atoms with van der Waals surface area (Å²) >= 11 is 0. The Kier molecular flexibility index (Phi) is 6.78. The topological polar surface area (TPSA) is 85.3 Å². The first kappa shape index (κ1) is 22.9. The second-order valence-corrected chi connectivity index (χ2v) is 9.14. The zero-order chi connectivity index (χ0) is 22.0. The van der Waals surface area contributed by atoms with Crippen LogP contribution in [-0.2, 0) is 20.6 Å². The minimum atomic E-state index is -1.15. The average Bonchev–Trinajstić information content (AvgIpc) is 2.83. The van der Waals surface area contributed by atoms with Crippen LogP contribution in [0.5, 0.6) is 0 Å². The molecule has 0 unspecified atom stereocenters. The summed E-state index contributed by atoms with van der Waals surface area (Å²) in [7, 11) is 0. The van der Waals surface area contributed by atoms with Gasteiger partial charge in [0.25, 0.3) is 0 Å². The van der Waals surface area contributed by atoms with Crippen molar-refractivity contribution in [2.24, 2.45) is 0 Å². The summed E-state index contributed by atoms with van der Waals surface area (Å²) in [4.78, 5) is 26.1. The lowest BCUT2D eigenvalue weighted by Gasteiger charge is -2.29. The Bertz CT molecular complexity index is 722. The van der Waals surface area contributed by atoms with Crippen molar-refractivity contribution >= 4 is 12.2 Å². The maximum Gasteiger partial charge on any atom is 0.509 e. The fourth-order valence-electron chi connectivity index (χ4n) is 3.00. The van der Waals surface area contributed by atoms with Gasteiger partial charge in [-0.05, 0) is 65.7 Å². The Balaban J connectivity index is 2.19. The van der Waals surface area contributed by atoms with Crippen LogP contribution >= 0.6 is 0 Å². The van der Waals surface area contributed by atoms with Crippen molar-refractivity contribution in [3.05, 3.63) is 35.6 Å². The molecule has 1 aromatic rings. The molecule has 29 heavy (non-hydrogen) atoms. The van der Waals surface area contributed by atoms with Crippen molar-refractivity contribution < 1.29 is 33.3 Å². The molecule has 1 aliphatic heterocycles. The number of carbonyl (C=O) groups is 2. The SMILES string of the molecule is CC(C)(C)OC(=O)O[C@H]1CN(C(=O)OC(C)(C)C)[C@H](Cc2ccc(F)cc2)[C@@H]1O. The number of nitrogens with zero attached hydrogens (tertiary/aromatic N) is 1. The van der Waals surface area contributed by atoms with E-state index in [0.29, 0.717) is 0 Å². The van der Waals surface area contributed by atoms with Crippen molar-refractivity contribution in [3.8, 4) is 0 Å². The molecule has 0 radical (unpaired) electrons. The highest BCUT2D eigenvalue weighted by Gasteiger charge is 2.47. The molecule has 2 rings (SSSR count). The Morgan fingerprint density at radius 2 is 1.62 bits per heavy atom. The van der Waals surface area contributed by atoms with Crippen LogP contribution in [0.3, 0.4) is 0 Å². The quantitative estimate of drug-likeness (QED) is 0.764. The molecule has 1 amide bonds. The van der Waals surface area contributed by atoms with Gasteiger partial charge in [-0.25, -0.2) is 14.0 Å². The van der Waals surface area contributed by atoms with Crippen LogP contribution in [0, 0.1) is 5.82 Å². The normalized spacial score (nSPS) is 22.3. The van der Waals surface area contributed by atoms with Crippen LogP contribution in [0.2, 0.25) is 0 Å². The molecular weight excluding hydrogens is 381 g/mol. The number of amides is 1. The van der Waals surface area contributed by atoms with Gasteiger partial charge in [0.1, 0.15) is 23.1 Å². The number of aliphatic hydroxyl groups excluding tert-OH is 1. The molecule has 0 aliphatic carbocycles. The highest BCUT2D eigenvalue weighted by molar-refractivity contribution is 5.69. The first-order valence-corrected chi connectivity index (χ1v) is 9.57. The minimum absolute atomic E-state index is 0.0405. The molecule has 3 atom stereocenters. The molecule has 7 nitrogen and oxygen atoms in total. The Morgan fingerprint density at radius 1 is 1.07 bits per heavy atom. The Morgan fingerprint density at radius 3 is 2.14 bits per heavy atom. The van der Waals surface area contributed by atoms with E-state index < -0.39 is 41.7 Å². The van der Waals surface area contributed by atoms with Gasteiger partial charge < -0.3 is 19.3 Å². The number of aliphatic hydroxyl groups is 1. The van der Waals surface area contributed by atoms with Gasteiger partial charge in [-0.2, -0.15) is 0 Å². The van der Waals surface area contributed by atoms with E-state index in [-0.39, 0.29) is 18.8 Å². The smallest absolute Gasteiger partial charge is 0.444 e. The zero-order valence-electron chi connectivity index (χ0n) is 17.8. The van der Waals surface area contributed by atoms with Gasteiger partial charge in [-0.15, -0.1) is 0 Å². The van der Waals surface area contributed by atoms with Crippen LogP contribution in [0.1, 0.15) is 47.1 Å². The first-order chi connectivity index (χ1) is 13.2. The maximum atomic E-state index is 13.2. The van der Waals surface area contributed by atoms with Crippen molar-refractivity contribution in [2.75, 3.05) is 6.54 Å². The summed E-state index contributed by atoms with van der Waals surface area (Å²) in [5.41, 5.74) is -0.757. The van der Waals surface area contributed by atoms with Crippen LogP contribution in [-0.4, -0.2) is 58.3 Å². The van der Waals surface area contributed by atoms with Crippen LogP contribution in [0.4, 0.5) is 14.0 Å². The van der Waals surface area contributed by atoms with E-state index in [2.05, 4.69) is 0 Å². The van der Waals surface area contributed by atoms with Gasteiger partial charge in [0.05, 0.1) is 12.6 Å². The molecule has 1 N–H and O–H groups in total. The fraction of sp³-hybridized carbons (Fsp3) is 0.619. The van der Waals surface area contributed by atoms with Crippen LogP contribution in [0.25, 0.3) is 0 Å². The van der Waals surface area contributed by atoms with Crippen LogP contribution < -0.4 is 0 Å². The number of ether oxygens (including phenoxy) is 3. The monoisotopic (exact) mass is 411 g/mol. The molecule has 162 valence electrons. The average molecular weight is 411 g/mol. The van der Waals surface area contributed by atoms with Gasteiger partial charge in [0, 0.05) is 0 Å². The lowest BCUT2D eigenvalue weighted by molar-refractivity contribution is -0.0486. The summed E-state index contributed by atoms with van der Waals surface area (Å²) in [5, 5.41) is 10.8. The van der Waals surface area contributed by atoms with E-state index in [1.807, 2.05) is 0 Å². The second kappa shape index (κ2) is 8.57. The maximum absolute atomic E-state index is 13.2. The number of hydrogen-bond donors (Lipinski definition) is 1. The molecule has 1 heterocycles. The zero-order valence-corrected chi connectivity index (χ0v) is 17.8. The number of halogens is 1. The lowest BCUT2D eigenvalue weighted by atomic mass is 10.0. The summed E-state index contributed by atoms with van der Waals surface area (Å²) in [5.74, 6) is -0.379. The van der Waals surface area contributed by atoms with E-state index in [1.165, 1.54) is 17.0 Å². The molecule has 1 aromatic carbocycles. The summed E-state index contributed by atoms with van der Waals surface area (Å²) in [6.07, 6.45) is -3.43. The second-order valence-electron chi connectivity index (χ2n) is 9.14. The van der Waals surface area contributed by atoms with E-state index in [0.717, 1.165) is 5.56 Å². The van der Waals surface area contributed by atoms with Gasteiger partial charge in [0.15, 0.2) is 6.10 Å². The standard InChI is InChI=1S/C21H30FNO6/c1-20(2,3)28-18(25)23-12-16(27-19(26)29-21(4,5)6)17(24)15(23)11-13-7-9-14(22)10-8-13/h7-10,15-17,24H,11-12H2,1-6H3/t15-,16+,17+/m1/s1. The van der Waals surface area contributed by atoms with E-state index >= 15 is 0 Å². The molecule has 0 saturated carbocycles. The van der Waals surface area contributed by atoms with E-state index in [9.17, 15) is 19.1 Å². The summed E-state index contributed by atoms with van der Waals surface area (Å²) in [6, 6.07) is 5.07. The highest BCUT2D eigenvalue weighted by atomic mass is 19.1. The molecule has 0 spiro atoms. The predicted octanol–water partition coefficient (Wildman–Crippen LogP) is 3.67. The largest absolute Gasteiger partial charge is 0.509 e. The van der Waals surface area contributed by atoms with Gasteiger partial charge in [-0.1, -0.05) is 12.1 Å². The Labute approximate surface area is 170 Å². The fourth-order valence-corrected chi connectivity index (χ4v) is 3.00. The molecule has 8 heteroatoms. The third-order valence-electron chi connectivity index (χ3n) is 4.18. The highest BCUT2D eigenvalue weighted by Crippen LogP contribution is 2.27. The van der Waals surface area contributed by atoms with Crippen LogP contribution in [0.15, 0.2) is 24.3 Å². The molecular formula is C21H30FNO6. The summed E-state index contributed by atoms with van der Waals surface area (Å²) in [6.45, 7) is 10.3. The number of carbonyl (C=O) groups excluding carboxylic acids is 2. The van der Waals surface area contributed by atoms with Crippen molar-refractivity contribution in [1.29, 1.82) is 0 Å². The van der Waals surface area contributed by atoms with E-state index in [1.54, 1.807) is 53.7 Å². The number of benzene rings is 1. The first-order valence-electron chi connectivity index (χ1n) is 9.57. The third kappa shape index (κ3) is 6.88. The van der Waals surface area contributed by atoms with E-state index in [4.69, 9.17) is 14.2 Å². The van der Waals surface area contributed by atoms with Crippen molar-refractivity contribution in [3.63, 3.8) is 0 Å². The number of rotatable bonds is 3.